The molecule has 0 saturated carbocycles. The molecule has 0 saturated heterocycles. The molecule has 0 unspecified atom stereocenters. The maximum atomic E-state index is 12.4. The number of fused-ring (bicyclic) bond motifs is 3. The summed E-state index contributed by atoms with van der Waals surface area (Å²) >= 11 is 0. The maximum Gasteiger partial charge on any atom is 0.283 e. The number of nitrogens with zero attached hydrogens (tertiary/aromatic N) is 3. The molecule has 0 fully saturated rings. The number of amides is 1. The van der Waals surface area contributed by atoms with Crippen LogP contribution in [-0.4, -0.2) is 16.1 Å². The Morgan fingerprint density at radius 2 is 1.57 bits per heavy atom. The molecule has 0 bridgehead atoms. The number of benzene rings is 4. The molecule has 4 aromatic carbocycles. The van der Waals surface area contributed by atoms with Crippen LogP contribution < -0.4 is 5.32 Å². The van der Waals surface area contributed by atoms with Gasteiger partial charge in [0.25, 0.3) is 11.8 Å². The Labute approximate surface area is 199 Å². The summed E-state index contributed by atoms with van der Waals surface area (Å²) in [4.78, 5) is 12.4. The molecule has 0 atom stereocenters. The highest BCUT2D eigenvalue weighted by Gasteiger charge is 2.16. The van der Waals surface area contributed by atoms with Crippen LogP contribution in [0.25, 0.3) is 44.8 Å². The highest BCUT2D eigenvalue weighted by atomic mass is 16.4. The first-order valence-corrected chi connectivity index (χ1v) is 10.8. The van der Waals surface area contributed by atoms with E-state index in [-0.39, 0.29) is 5.91 Å². The normalized spacial score (nSPS) is 10.9. The predicted molar refractivity (Wildman–Crippen MR) is 132 cm³/mol. The van der Waals surface area contributed by atoms with Crippen molar-refractivity contribution in [3.05, 3.63) is 102 Å². The predicted octanol–water partition coefficient (Wildman–Crippen LogP) is 6.43. The van der Waals surface area contributed by atoms with E-state index < -0.39 is 0 Å². The minimum absolute atomic E-state index is 0.264. The van der Waals surface area contributed by atoms with Crippen LogP contribution in [0.1, 0.15) is 15.9 Å². The minimum atomic E-state index is -0.264. The summed E-state index contributed by atoms with van der Waals surface area (Å²) in [6.07, 6.45) is 0. The zero-order valence-electron chi connectivity index (χ0n) is 18.2. The van der Waals surface area contributed by atoms with Crippen molar-refractivity contribution in [1.29, 1.82) is 5.26 Å². The van der Waals surface area contributed by atoms with Crippen LogP contribution in [0.2, 0.25) is 0 Å². The molecule has 6 aromatic rings. The third kappa shape index (κ3) is 3.79. The van der Waals surface area contributed by atoms with Crippen molar-refractivity contribution in [2.75, 3.05) is 5.32 Å². The Morgan fingerprint density at radius 3 is 2.37 bits per heavy atom. The van der Waals surface area contributed by atoms with Gasteiger partial charge < -0.3 is 14.2 Å². The van der Waals surface area contributed by atoms with Crippen LogP contribution in [0.5, 0.6) is 0 Å². The number of nitrogens with one attached hydrogen (secondary N) is 1. The van der Waals surface area contributed by atoms with E-state index in [0.29, 0.717) is 39.9 Å². The third-order valence-electron chi connectivity index (χ3n) is 5.73. The average molecular weight is 456 g/mol. The van der Waals surface area contributed by atoms with E-state index in [9.17, 15) is 4.79 Å². The molecule has 35 heavy (non-hydrogen) atoms. The lowest BCUT2D eigenvalue weighted by Gasteiger charge is -2.05. The molecule has 0 aliphatic rings. The molecule has 2 heterocycles. The third-order valence-corrected chi connectivity index (χ3v) is 5.73. The fourth-order valence-electron chi connectivity index (χ4n) is 3.93. The van der Waals surface area contributed by atoms with E-state index in [4.69, 9.17) is 14.1 Å². The van der Waals surface area contributed by atoms with Crippen LogP contribution in [0.4, 0.5) is 5.69 Å². The lowest BCUT2D eigenvalue weighted by atomic mass is 10.1. The van der Waals surface area contributed by atoms with Crippen LogP contribution >= 0.6 is 0 Å². The molecule has 0 spiro atoms. The standard InChI is InChI=1S/C28H16N4O3/c29-16-17-5-7-19(8-6-17)26(33)30-21-12-9-20(10-13-21)27-31-32-28(35-27)25-15-23-22-4-2-1-3-18(22)11-14-24(23)34-25/h1-15H,(H,30,33). The Bertz CT molecular complexity index is 1740. The summed E-state index contributed by atoms with van der Waals surface area (Å²) in [5, 5.41) is 23.2. The highest BCUT2D eigenvalue weighted by Crippen LogP contribution is 2.33. The van der Waals surface area contributed by atoms with Gasteiger partial charge in [-0.15, -0.1) is 10.2 Å². The van der Waals surface area contributed by atoms with Gasteiger partial charge in [-0.05, 0) is 71.4 Å². The summed E-state index contributed by atoms with van der Waals surface area (Å²) < 4.78 is 11.8. The van der Waals surface area contributed by atoms with Crippen LogP contribution in [-0.2, 0) is 0 Å². The first kappa shape index (κ1) is 20.4. The topological polar surface area (TPSA) is 105 Å². The van der Waals surface area contributed by atoms with Gasteiger partial charge in [0.05, 0.1) is 11.6 Å². The van der Waals surface area contributed by atoms with Gasteiger partial charge in [-0.1, -0.05) is 30.3 Å². The zero-order chi connectivity index (χ0) is 23.8. The first-order valence-electron chi connectivity index (χ1n) is 10.8. The van der Waals surface area contributed by atoms with E-state index in [0.717, 1.165) is 21.7 Å². The molecule has 7 heteroatoms. The second kappa shape index (κ2) is 8.28. The van der Waals surface area contributed by atoms with Crippen molar-refractivity contribution < 1.29 is 13.6 Å². The highest BCUT2D eigenvalue weighted by molar-refractivity contribution is 6.07. The van der Waals surface area contributed by atoms with Crippen molar-refractivity contribution in [2.24, 2.45) is 0 Å². The van der Waals surface area contributed by atoms with Crippen molar-refractivity contribution in [3.63, 3.8) is 0 Å². The number of nitriles is 1. The Kier molecular flexibility index (Phi) is 4.83. The van der Waals surface area contributed by atoms with Gasteiger partial charge in [0.15, 0.2) is 5.76 Å². The van der Waals surface area contributed by atoms with E-state index in [1.807, 2.05) is 36.4 Å². The fraction of sp³-hybridized carbons (Fsp3) is 0. The van der Waals surface area contributed by atoms with Crippen molar-refractivity contribution in [2.45, 2.75) is 0 Å². The van der Waals surface area contributed by atoms with Crippen molar-refractivity contribution >= 4 is 33.3 Å². The largest absolute Gasteiger partial charge is 0.451 e. The van der Waals surface area contributed by atoms with Crippen molar-refractivity contribution in [1.82, 2.24) is 10.2 Å². The number of furan rings is 1. The number of aromatic nitrogens is 2. The Hall–Kier alpha value is -5.22. The van der Waals surface area contributed by atoms with Gasteiger partial charge >= 0.3 is 0 Å². The number of carbonyl (C=O) groups excluding carboxylic acids is 1. The number of hydrogen-bond donors (Lipinski definition) is 1. The molecule has 166 valence electrons. The second-order valence-electron chi connectivity index (χ2n) is 7.94. The maximum absolute atomic E-state index is 12.4. The van der Waals surface area contributed by atoms with E-state index >= 15 is 0 Å². The molecule has 0 radical (unpaired) electrons. The van der Waals surface area contributed by atoms with Gasteiger partial charge in [0, 0.05) is 22.2 Å². The second-order valence-corrected chi connectivity index (χ2v) is 7.94. The Balaban J connectivity index is 1.22. The zero-order valence-corrected chi connectivity index (χ0v) is 18.2. The van der Waals surface area contributed by atoms with Crippen LogP contribution in [0, 0.1) is 11.3 Å². The van der Waals surface area contributed by atoms with Crippen molar-refractivity contribution in [3.8, 4) is 29.2 Å². The van der Waals surface area contributed by atoms with E-state index in [1.54, 1.807) is 48.5 Å². The molecular weight excluding hydrogens is 440 g/mol. The lowest BCUT2D eigenvalue weighted by molar-refractivity contribution is 0.102. The number of rotatable bonds is 4. The summed E-state index contributed by atoms with van der Waals surface area (Å²) in [6.45, 7) is 0. The SMILES string of the molecule is N#Cc1ccc(C(=O)Nc2ccc(-c3nnc(-c4cc5c(ccc6ccccc65)o4)o3)cc2)cc1. The summed E-state index contributed by atoms with van der Waals surface area (Å²) in [5.74, 6) is 0.870. The summed E-state index contributed by atoms with van der Waals surface area (Å²) in [5.41, 5.74) is 3.04. The fourth-order valence-corrected chi connectivity index (χ4v) is 3.93. The number of carbonyl (C=O) groups is 1. The van der Waals surface area contributed by atoms with Gasteiger partial charge in [-0.2, -0.15) is 5.26 Å². The van der Waals surface area contributed by atoms with Crippen LogP contribution in [0.15, 0.2) is 99.8 Å². The molecule has 6 rings (SSSR count). The van der Waals surface area contributed by atoms with Gasteiger partial charge in [0.1, 0.15) is 5.58 Å². The van der Waals surface area contributed by atoms with Crippen LogP contribution in [0.3, 0.4) is 0 Å². The smallest absolute Gasteiger partial charge is 0.283 e. The minimum Gasteiger partial charge on any atom is -0.451 e. The number of anilines is 1. The molecule has 2 aromatic heterocycles. The molecule has 0 aliphatic heterocycles. The molecule has 1 N–H and O–H groups in total. The molecular formula is C28H16N4O3. The average Bonchev–Trinajstić information content (AvgIpc) is 3.57. The Morgan fingerprint density at radius 1 is 0.800 bits per heavy atom. The number of hydrogen-bond acceptors (Lipinski definition) is 6. The lowest BCUT2D eigenvalue weighted by Crippen LogP contribution is -2.11. The van der Waals surface area contributed by atoms with Gasteiger partial charge in [-0.25, -0.2) is 0 Å². The van der Waals surface area contributed by atoms with E-state index in [1.165, 1.54) is 0 Å². The monoisotopic (exact) mass is 456 g/mol. The molecule has 7 nitrogen and oxygen atoms in total. The van der Waals surface area contributed by atoms with Gasteiger partial charge in [-0.3, -0.25) is 4.79 Å². The quantitative estimate of drug-likeness (QED) is 0.328. The van der Waals surface area contributed by atoms with E-state index in [2.05, 4.69) is 27.6 Å². The summed E-state index contributed by atoms with van der Waals surface area (Å²) in [6, 6.07) is 29.5. The molecule has 0 aliphatic carbocycles. The molecule has 1 amide bonds. The van der Waals surface area contributed by atoms with Gasteiger partial charge in [0.2, 0.25) is 5.89 Å². The first-order chi connectivity index (χ1) is 17.2. The summed E-state index contributed by atoms with van der Waals surface area (Å²) in [7, 11) is 0.